The number of aromatic hydroxyl groups is 1. The summed E-state index contributed by atoms with van der Waals surface area (Å²) in [6.07, 6.45) is 0. The van der Waals surface area contributed by atoms with Crippen LogP contribution in [0.3, 0.4) is 0 Å². The second-order valence-electron chi connectivity index (χ2n) is 3.30. The molecule has 0 heterocycles. The zero-order chi connectivity index (χ0) is 12.0. The first-order chi connectivity index (χ1) is 7.65. The molecular formula is C11H15NO4. The van der Waals surface area contributed by atoms with Crippen molar-refractivity contribution < 1.29 is 19.7 Å². The maximum absolute atomic E-state index is 11.4. The van der Waals surface area contributed by atoms with Crippen LogP contribution in [0.25, 0.3) is 0 Å². The van der Waals surface area contributed by atoms with E-state index in [4.69, 9.17) is 9.84 Å². The van der Waals surface area contributed by atoms with E-state index < -0.39 is 0 Å². The fourth-order valence-corrected chi connectivity index (χ4v) is 1.10. The quantitative estimate of drug-likeness (QED) is 0.752. The molecule has 1 aromatic rings. The van der Waals surface area contributed by atoms with Gasteiger partial charge in [0.05, 0.1) is 6.61 Å². The van der Waals surface area contributed by atoms with Crippen LogP contribution in [0.15, 0.2) is 24.3 Å². The first kappa shape index (κ1) is 12.3. The van der Waals surface area contributed by atoms with E-state index in [0.29, 0.717) is 0 Å². The van der Waals surface area contributed by atoms with Crippen LogP contribution in [0.5, 0.6) is 11.5 Å². The van der Waals surface area contributed by atoms with Gasteiger partial charge in [0.25, 0.3) is 5.91 Å². The minimum atomic E-state index is -0.252. The van der Waals surface area contributed by atoms with Gasteiger partial charge in [-0.3, -0.25) is 4.79 Å². The first-order valence-electron chi connectivity index (χ1n) is 4.90. The zero-order valence-corrected chi connectivity index (χ0v) is 9.09. The molecule has 16 heavy (non-hydrogen) atoms. The van der Waals surface area contributed by atoms with Gasteiger partial charge in [0.1, 0.15) is 0 Å². The molecule has 0 spiro atoms. The fourth-order valence-electron chi connectivity index (χ4n) is 1.10. The number of ether oxygens (including phenoxy) is 1. The molecule has 0 fully saturated rings. The minimum Gasteiger partial charge on any atom is -0.504 e. The lowest BCUT2D eigenvalue weighted by Gasteiger charge is -2.16. The summed E-state index contributed by atoms with van der Waals surface area (Å²) >= 11 is 0. The second-order valence-corrected chi connectivity index (χ2v) is 3.30. The summed E-state index contributed by atoms with van der Waals surface area (Å²) in [6.45, 7) is 0.0237. The summed E-state index contributed by atoms with van der Waals surface area (Å²) < 4.78 is 5.14. The van der Waals surface area contributed by atoms with Crippen LogP contribution in [-0.2, 0) is 4.79 Å². The van der Waals surface area contributed by atoms with Gasteiger partial charge in [-0.05, 0) is 12.1 Å². The molecule has 1 rings (SSSR count). The SMILES string of the molecule is CN(CCO)C(=O)COc1ccccc1O. The third kappa shape index (κ3) is 3.43. The van der Waals surface area contributed by atoms with Crippen molar-refractivity contribution in [2.45, 2.75) is 0 Å². The lowest BCUT2D eigenvalue weighted by Crippen LogP contribution is -2.33. The molecule has 0 bridgehead atoms. The molecule has 0 radical (unpaired) electrons. The summed E-state index contributed by atoms with van der Waals surface area (Å²) in [6, 6.07) is 6.44. The van der Waals surface area contributed by atoms with E-state index >= 15 is 0 Å². The van der Waals surface area contributed by atoms with Gasteiger partial charge in [-0.2, -0.15) is 0 Å². The summed E-state index contributed by atoms with van der Waals surface area (Å²) in [7, 11) is 1.58. The van der Waals surface area contributed by atoms with Crippen molar-refractivity contribution >= 4 is 5.91 Å². The Morgan fingerprint density at radius 3 is 2.75 bits per heavy atom. The summed E-state index contributed by atoms with van der Waals surface area (Å²) in [4.78, 5) is 12.8. The molecule has 88 valence electrons. The van der Waals surface area contributed by atoms with Crippen LogP contribution in [0, 0.1) is 0 Å². The number of carbonyl (C=O) groups is 1. The smallest absolute Gasteiger partial charge is 0.260 e. The van der Waals surface area contributed by atoms with Crippen molar-refractivity contribution in [2.24, 2.45) is 0 Å². The van der Waals surface area contributed by atoms with Gasteiger partial charge in [-0.1, -0.05) is 12.1 Å². The number of hydrogen-bond acceptors (Lipinski definition) is 4. The van der Waals surface area contributed by atoms with E-state index in [-0.39, 0.29) is 37.2 Å². The Bertz CT molecular complexity index is 354. The van der Waals surface area contributed by atoms with E-state index in [1.165, 1.54) is 11.0 Å². The van der Waals surface area contributed by atoms with E-state index in [2.05, 4.69) is 0 Å². The predicted molar refractivity (Wildman–Crippen MR) is 58.3 cm³/mol. The van der Waals surface area contributed by atoms with Crippen molar-refractivity contribution in [2.75, 3.05) is 26.8 Å². The number of phenolic OH excluding ortho intramolecular Hbond substituents is 1. The Morgan fingerprint density at radius 2 is 2.12 bits per heavy atom. The monoisotopic (exact) mass is 225 g/mol. The van der Waals surface area contributed by atoms with Crippen molar-refractivity contribution in [3.63, 3.8) is 0 Å². The third-order valence-electron chi connectivity index (χ3n) is 2.08. The van der Waals surface area contributed by atoms with Crippen molar-refractivity contribution in [1.29, 1.82) is 0 Å². The molecule has 5 heteroatoms. The minimum absolute atomic E-state index is 0.000103. The Morgan fingerprint density at radius 1 is 1.44 bits per heavy atom. The summed E-state index contributed by atoms with van der Waals surface area (Å²) in [5.74, 6) is 0.0191. The number of aliphatic hydroxyl groups excluding tert-OH is 1. The number of phenols is 1. The third-order valence-corrected chi connectivity index (χ3v) is 2.08. The van der Waals surface area contributed by atoms with Crippen LogP contribution in [0.4, 0.5) is 0 Å². The number of carbonyl (C=O) groups excluding carboxylic acids is 1. The van der Waals surface area contributed by atoms with Gasteiger partial charge in [-0.25, -0.2) is 0 Å². The highest BCUT2D eigenvalue weighted by Crippen LogP contribution is 2.24. The normalized spacial score (nSPS) is 9.88. The highest BCUT2D eigenvalue weighted by Gasteiger charge is 2.09. The largest absolute Gasteiger partial charge is 0.504 e. The molecule has 0 saturated carbocycles. The van der Waals surface area contributed by atoms with E-state index in [1.54, 1.807) is 25.2 Å². The number of para-hydroxylation sites is 2. The fraction of sp³-hybridized carbons (Fsp3) is 0.364. The van der Waals surface area contributed by atoms with E-state index in [9.17, 15) is 9.90 Å². The Labute approximate surface area is 93.9 Å². The molecule has 0 saturated heterocycles. The number of benzene rings is 1. The number of rotatable bonds is 5. The van der Waals surface area contributed by atoms with Crippen molar-refractivity contribution in [3.05, 3.63) is 24.3 Å². The van der Waals surface area contributed by atoms with Crippen LogP contribution in [0.1, 0.15) is 0 Å². The standard InChI is InChI=1S/C11H15NO4/c1-12(6-7-13)11(15)8-16-10-5-3-2-4-9(10)14/h2-5,13-14H,6-8H2,1H3. The maximum Gasteiger partial charge on any atom is 0.260 e. The van der Waals surface area contributed by atoms with Crippen LogP contribution in [-0.4, -0.2) is 47.8 Å². The maximum atomic E-state index is 11.4. The van der Waals surface area contributed by atoms with E-state index in [0.717, 1.165) is 0 Å². The Kier molecular flexibility index (Phi) is 4.60. The van der Waals surface area contributed by atoms with Gasteiger partial charge in [0.15, 0.2) is 18.1 Å². The van der Waals surface area contributed by atoms with Crippen molar-refractivity contribution in [1.82, 2.24) is 4.90 Å². The lowest BCUT2D eigenvalue weighted by molar-refractivity contribution is -0.132. The number of amides is 1. The Hall–Kier alpha value is -1.75. The molecule has 0 aliphatic heterocycles. The molecule has 1 amide bonds. The number of likely N-dealkylation sites (N-methyl/N-ethyl adjacent to an activating group) is 1. The van der Waals surface area contributed by atoms with Crippen LogP contribution < -0.4 is 4.74 Å². The zero-order valence-electron chi connectivity index (χ0n) is 9.09. The van der Waals surface area contributed by atoms with Crippen LogP contribution >= 0.6 is 0 Å². The first-order valence-corrected chi connectivity index (χ1v) is 4.90. The molecule has 0 unspecified atom stereocenters. The molecule has 1 aromatic carbocycles. The molecule has 0 atom stereocenters. The molecule has 2 N–H and O–H groups in total. The van der Waals surface area contributed by atoms with Gasteiger partial charge in [0, 0.05) is 13.6 Å². The average molecular weight is 225 g/mol. The lowest BCUT2D eigenvalue weighted by atomic mass is 10.3. The predicted octanol–water partition coefficient (Wildman–Crippen LogP) is 0.222. The molecule has 0 aliphatic rings. The topological polar surface area (TPSA) is 70.0 Å². The highest BCUT2D eigenvalue weighted by molar-refractivity contribution is 5.77. The second kappa shape index (κ2) is 5.97. The summed E-state index contributed by atoms with van der Waals surface area (Å²) in [5, 5.41) is 18.0. The van der Waals surface area contributed by atoms with Crippen molar-refractivity contribution in [3.8, 4) is 11.5 Å². The molecule has 0 aliphatic carbocycles. The molecule has 5 nitrogen and oxygen atoms in total. The molecule has 0 aromatic heterocycles. The van der Waals surface area contributed by atoms with Gasteiger partial charge in [-0.15, -0.1) is 0 Å². The highest BCUT2D eigenvalue weighted by atomic mass is 16.5. The molecular weight excluding hydrogens is 210 g/mol. The number of aliphatic hydroxyl groups is 1. The van der Waals surface area contributed by atoms with Crippen LogP contribution in [0.2, 0.25) is 0 Å². The van der Waals surface area contributed by atoms with E-state index in [1.807, 2.05) is 0 Å². The van der Waals surface area contributed by atoms with Gasteiger partial charge >= 0.3 is 0 Å². The number of hydrogen-bond donors (Lipinski definition) is 2. The number of nitrogens with zero attached hydrogens (tertiary/aromatic N) is 1. The Balaban J connectivity index is 2.46. The average Bonchev–Trinajstić information content (AvgIpc) is 2.28. The van der Waals surface area contributed by atoms with Gasteiger partial charge in [0.2, 0.25) is 0 Å². The van der Waals surface area contributed by atoms with Gasteiger partial charge < -0.3 is 19.8 Å². The summed E-state index contributed by atoms with van der Waals surface area (Å²) in [5.41, 5.74) is 0.